The highest BCUT2D eigenvalue weighted by Crippen LogP contribution is 2.39. The molecule has 272 valence electrons. The van der Waals surface area contributed by atoms with E-state index in [2.05, 4.69) is 75.6 Å². The minimum absolute atomic E-state index is 0.0131. The Balaban J connectivity index is 0.000000147. The Morgan fingerprint density at radius 3 is 1.96 bits per heavy atom. The van der Waals surface area contributed by atoms with E-state index >= 15 is 0 Å². The van der Waals surface area contributed by atoms with Crippen LogP contribution in [0.4, 0.5) is 22.7 Å². The summed E-state index contributed by atoms with van der Waals surface area (Å²) in [5.41, 5.74) is 24.9. The van der Waals surface area contributed by atoms with Gasteiger partial charge in [0.2, 0.25) is 0 Å². The van der Waals surface area contributed by atoms with Crippen molar-refractivity contribution in [2.75, 3.05) is 45.4 Å². The second-order valence-electron chi connectivity index (χ2n) is 13.4. The molecular weight excluding hydrogens is 676 g/mol. The van der Waals surface area contributed by atoms with Crippen LogP contribution in [0.3, 0.4) is 0 Å². The molecule has 0 saturated heterocycles. The van der Waals surface area contributed by atoms with E-state index in [0.717, 1.165) is 52.9 Å². The fourth-order valence-corrected chi connectivity index (χ4v) is 6.53. The van der Waals surface area contributed by atoms with Crippen molar-refractivity contribution in [1.82, 2.24) is 30.4 Å². The van der Waals surface area contributed by atoms with Gasteiger partial charge in [-0.25, -0.2) is 0 Å². The van der Waals surface area contributed by atoms with Crippen molar-refractivity contribution >= 4 is 62.3 Å². The molecule has 0 aliphatic carbocycles. The Morgan fingerprint density at radius 2 is 1.30 bits per heavy atom. The molecular formula is C38H40N10O5. The minimum atomic E-state index is -0.703. The first-order chi connectivity index (χ1) is 25.2. The van der Waals surface area contributed by atoms with Crippen LogP contribution < -0.4 is 27.8 Å². The van der Waals surface area contributed by atoms with E-state index in [1.165, 1.54) is 16.6 Å². The monoisotopic (exact) mass is 716 g/mol. The number of carbonyl (C=O) groups excluding carboxylic acids is 3. The summed E-state index contributed by atoms with van der Waals surface area (Å²) in [7, 11) is 8.20. The van der Waals surface area contributed by atoms with Gasteiger partial charge in [0.15, 0.2) is 0 Å². The average molecular weight is 717 g/mol. The van der Waals surface area contributed by atoms with E-state index < -0.39 is 16.7 Å². The van der Waals surface area contributed by atoms with Gasteiger partial charge in [0.05, 0.1) is 33.5 Å². The third-order valence-electron chi connectivity index (χ3n) is 8.83. The first-order valence-electron chi connectivity index (χ1n) is 16.6. The number of H-pyrrole nitrogens is 2. The maximum atomic E-state index is 12.5. The number of nitro groups is 1. The Morgan fingerprint density at radius 1 is 0.698 bits per heavy atom. The fraction of sp³-hybridized carbons (Fsp3) is 0.184. The van der Waals surface area contributed by atoms with Gasteiger partial charge in [-0.1, -0.05) is 36.4 Å². The predicted molar refractivity (Wildman–Crippen MR) is 205 cm³/mol. The zero-order chi connectivity index (χ0) is 38.1. The van der Waals surface area contributed by atoms with Gasteiger partial charge in [-0.2, -0.15) is 0 Å². The molecule has 10 N–H and O–H groups in total. The molecule has 0 bridgehead atoms. The summed E-state index contributed by atoms with van der Waals surface area (Å²) < 4.78 is 0. The van der Waals surface area contributed by atoms with Crippen LogP contribution in [0, 0.1) is 10.1 Å². The molecule has 0 spiro atoms. The van der Waals surface area contributed by atoms with Crippen LogP contribution in [0.15, 0.2) is 78.9 Å². The van der Waals surface area contributed by atoms with Crippen LogP contribution in [0.1, 0.15) is 59.6 Å². The molecule has 1 unspecified atom stereocenters. The Bertz CT molecular complexity index is 2380. The summed E-state index contributed by atoms with van der Waals surface area (Å²) in [5.74, 6) is -1.34. The molecule has 3 amide bonds. The number of aromatic nitrogens is 2. The lowest BCUT2D eigenvalue weighted by atomic mass is 9.95. The first-order valence-corrected chi connectivity index (χ1v) is 16.6. The molecule has 2 aliphatic heterocycles. The quantitative estimate of drug-likeness (QED) is 0.0551. The summed E-state index contributed by atoms with van der Waals surface area (Å²) in [4.78, 5) is 55.7. The van der Waals surface area contributed by atoms with Crippen LogP contribution in [0.5, 0.6) is 0 Å². The number of imide groups is 1. The highest BCUT2D eigenvalue weighted by atomic mass is 16.6. The maximum Gasteiger partial charge on any atom is 0.292 e. The van der Waals surface area contributed by atoms with Crippen molar-refractivity contribution in [1.29, 1.82) is 0 Å². The van der Waals surface area contributed by atoms with Crippen molar-refractivity contribution in [3.8, 4) is 0 Å². The number of hydrogen-bond acceptors (Lipinski definition) is 10. The molecule has 15 nitrogen and oxygen atoms in total. The molecule has 15 heteroatoms. The van der Waals surface area contributed by atoms with Gasteiger partial charge in [-0.05, 0) is 75.5 Å². The van der Waals surface area contributed by atoms with Crippen LogP contribution in [-0.2, 0) is 13.1 Å². The number of aromatic amines is 2. The number of fused-ring (bicyclic) bond motifs is 4. The molecule has 0 fully saturated rings. The van der Waals surface area contributed by atoms with Crippen LogP contribution in [0.25, 0.3) is 21.8 Å². The van der Waals surface area contributed by atoms with E-state index in [1.807, 2.05) is 43.7 Å². The molecule has 4 aromatic carbocycles. The summed E-state index contributed by atoms with van der Waals surface area (Å²) in [6.07, 6.45) is 0. The van der Waals surface area contributed by atoms with Crippen molar-refractivity contribution in [2.24, 2.45) is 0 Å². The highest BCUT2D eigenvalue weighted by Gasteiger charge is 2.34. The van der Waals surface area contributed by atoms with Crippen LogP contribution >= 0.6 is 0 Å². The van der Waals surface area contributed by atoms with E-state index in [0.29, 0.717) is 16.9 Å². The van der Waals surface area contributed by atoms with Crippen molar-refractivity contribution in [2.45, 2.75) is 19.1 Å². The van der Waals surface area contributed by atoms with Crippen molar-refractivity contribution < 1.29 is 19.3 Å². The third kappa shape index (κ3) is 7.37. The topological polar surface area (TPSA) is 235 Å². The van der Waals surface area contributed by atoms with E-state index in [9.17, 15) is 24.5 Å². The molecule has 6 aromatic rings. The first kappa shape index (κ1) is 36.1. The number of amides is 3. The molecule has 4 heterocycles. The number of hydrogen-bond donors (Lipinski definition) is 7. The molecule has 2 aromatic heterocycles. The molecule has 2 aliphatic rings. The van der Waals surface area contributed by atoms with Crippen LogP contribution in [-0.4, -0.2) is 70.6 Å². The Kier molecular flexibility index (Phi) is 9.87. The van der Waals surface area contributed by atoms with Gasteiger partial charge in [0.1, 0.15) is 5.69 Å². The second-order valence-corrected chi connectivity index (χ2v) is 13.4. The molecule has 1 atom stereocenters. The smallest absolute Gasteiger partial charge is 0.292 e. The molecule has 0 saturated carbocycles. The number of benzene rings is 4. The zero-order valence-electron chi connectivity index (χ0n) is 29.6. The van der Waals surface area contributed by atoms with E-state index in [-0.39, 0.29) is 34.5 Å². The Hall–Kier alpha value is -6.71. The number of anilines is 3. The summed E-state index contributed by atoms with van der Waals surface area (Å²) in [6, 6.07) is 24.1. The van der Waals surface area contributed by atoms with Gasteiger partial charge in [0, 0.05) is 58.1 Å². The van der Waals surface area contributed by atoms with E-state index in [1.54, 1.807) is 6.07 Å². The number of rotatable bonds is 6. The third-order valence-corrected chi connectivity index (χ3v) is 8.83. The number of carbonyl (C=O) groups is 3. The van der Waals surface area contributed by atoms with E-state index in [4.69, 9.17) is 17.2 Å². The molecule has 53 heavy (non-hydrogen) atoms. The maximum absolute atomic E-state index is 12.5. The number of para-hydroxylation sites is 2. The number of nitrogens with two attached hydrogens (primary N) is 3. The van der Waals surface area contributed by atoms with Gasteiger partial charge in [-0.3, -0.25) is 29.8 Å². The number of nitrogens with one attached hydrogen (secondary N) is 4. The summed E-state index contributed by atoms with van der Waals surface area (Å²) >= 11 is 0. The zero-order valence-corrected chi connectivity index (χ0v) is 29.6. The number of nitrogen functional groups attached to an aromatic ring is 3. The summed E-state index contributed by atoms with van der Waals surface area (Å²) in [5, 5.41) is 18.0. The fourth-order valence-electron chi connectivity index (χ4n) is 6.53. The lowest BCUT2D eigenvalue weighted by Crippen LogP contribution is -2.22. The molecule has 0 radical (unpaired) electrons. The average Bonchev–Trinajstić information content (AvgIpc) is 3.82. The van der Waals surface area contributed by atoms with Crippen molar-refractivity contribution in [3.63, 3.8) is 0 Å². The van der Waals surface area contributed by atoms with Gasteiger partial charge in [0.25, 0.3) is 23.4 Å². The summed E-state index contributed by atoms with van der Waals surface area (Å²) in [6.45, 7) is 1.71. The SMILES string of the molecule is CN(C)Cc1[nH]c2ccccc2c1C1NC(=O)c2cc(N)c(N)cc21.CN(C)Cc1cc2ccccc2[nH]1.Nc1cc2c(cc1[N+](=O)[O-])C(=O)NC2=O. The standard InChI is InChI=1S/C19H21N5O.C11H14N2.C8H5N3O4/c1-24(2)9-16-17(10-5-3-4-6-15(10)22-16)18-11-7-13(20)14(21)8-12(11)19(25)23-18;1-13(2)8-10-7-9-5-3-4-6-11(9)12-10;9-5-1-3-4(2-6(5)11(14)15)8(13)10-7(3)12/h3-8,18,22H,9,20-21H2,1-2H3,(H,23,25);3-7,12H,8H2,1-2H3;1-2H,9H2,(H,10,12,13). The van der Waals surface area contributed by atoms with Crippen LogP contribution in [0.2, 0.25) is 0 Å². The largest absolute Gasteiger partial charge is 0.397 e. The predicted octanol–water partition coefficient (Wildman–Crippen LogP) is 4.52. The number of nitrogens with zero attached hydrogens (tertiary/aromatic N) is 3. The highest BCUT2D eigenvalue weighted by molar-refractivity contribution is 6.22. The number of nitro benzene ring substituents is 1. The van der Waals surface area contributed by atoms with Gasteiger partial charge < -0.3 is 42.3 Å². The normalized spacial score (nSPS) is 14.4. The lowest BCUT2D eigenvalue weighted by Gasteiger charge is -2.17. The molecule has 8 rings (SSSR count). The van der Waals surface area contributed by atoms with Gasteiger partial charge >= 0.3 is 0 Å². The lowest BCUT2D eigenvalue weighted by molar-refractivity contribution is -0.383. The van der Waals surface area contributed by atoms with Gasteiger partial charge in [-0.15, -0.1) is 0 Å². The minimum Gasteiger partial charge on any atom is -0.397 e. The Labute approximate surface area is 304 Å². The second kappa shape index (κ2) is 14.5. The van der Waals surface area contributed by atoms with Crippen molar-refractivity contribution in [3.05, 3.63) is 128 Å².